The molecule has 3 atom stereocenters. The number of hydrogen-bond donors (Lipinski definition) is 4. The van der Waals surface area contributed by atoms with Crippen molar-refractivity contribution in [3.05, 3.63) is 5.56 Å². The van der Waals surface area contributed by atoms with Gasteiger partial charge in [-0.3, -0.25) is 14.6 Å². The summed E-state index contributed by atoms with van der Waals surface area (Å²) in [6, 6.07) is 0.0413. The molecule has 282 valence electrons. The number of halogens is 3. The molecule has 2 spiro atoms. The third-order valence-corrected chi connectivity index (χ3v) is 13.6. The standard InChI is InChI=1S/C38H63F3N8O/c39-31-25-43-34-32(33(42)46-49(34)37(31)17-11-7-2-1-3-8-12-18-37)35(50)45-29-24-44-36(15-9-5-4-6-10-16-36)23-30(29)48-20-13-28(14-21-48)26-47-22-19-38(40,41)27-47/h28-31,43-44H,1-27H2,(H2,42,46)(H,45,50). The van der Waals surface area contributed by atoms with Crippen LogP contribution in [0.1, 0.15) is 139 Å². The summed E-state index contributed by atoms with van der Waals surface area (Å²) < 4.78 is 45.6. The normalized spacial score (nSPS) is 31.4. The highest BCUT2D eigenvalue weighted by atomic mass is 19.3. The Hall–Kier alpha value is -2.05. The first-order valence-corrected chi connectivity index (χ1v) is 20.3. The van der Waals surface area contributed by atoms with E-state index in [-0.39, 0.29) is 48.9 Å². The van der Waals surface area contributed by atoms with Crippen molar-refractivity contribution in [2.24, 2.45) is 5.92 Å². The molecule has 12 heteroatoms. The fraction of sp³-hybridized carbons (Fsp3) is 0.895. The predicted octanol–water partition coefficient (Wildman–Crippen LogP) is 6.45. The smallest absolute Gasteiger partial charge is 0.261 e. The minimum atomic E-state index is -2.55. The number of rotatable bonds is 5. The van der Waals surface area contributed by atoms with E-state index in [0.29, 0.717) is 43.2 Å². The largest absolute Gasteiger partial charge is 0.381 e. The molecule has 1 amide bonds. The minimum absolute atomic E-state index is 0.0274. The number of carbonyl (C=O) groups excluding carboxylic acids is 1. The van der Waals surface area contributed by atoms with Crippen LogP contribution in [-0.2, 0) is 5.54 Å². The topological polar surface area (TPSA) is 103 Å². The highest BCUT2D eigenvalue weighted by Crippen LogP contribution is 2.44. The summed E-state index contributed by atoms with van der Waals surface area (Å²) in [6.07, 6.45) is 19.5. The van der Waals surface area contributed by atoms with E-state index < -0.39 is 17.6 Å². The van der Waals surface area contributed by atoms with E-state index in [4.69, 9.17) is 10.8 Å². The highest BCUT2D eigenvalue weighted by molar-refractivity contribution is 6.03. The van der Waals surface area contributed by atoms with Crippen molar-refractivity contribution < 1.29 is 18.0 Å². The molecule has 5 heterocycles. The number of piperidine rings is 2. The van der Waals surface area contributed by atoms with Gasteiger partial charge in [-0.25, -0.2) is 17.9 Å². The predicted molar refractivity (Wildman–Crippen MR) is 193 cm³/mol. The number of nitrogens with zero attached hydrogens (tertiary/aromatic N) is 4. The lowest BCUT2D eigenvalue weighted by Gasteiger charge is -2.51. The molecule has 2 aliphatic carbocycles. The number of nitrogen functional groups attached to an aromatic ring is 1. The van der Waals surface area contributed by atoms with E-state index >= 15 is 4.39 Å². The molecule has 1 aromatic rings. The Labute approximate surface area is 297 Å². The van der Waals surface area contributed by atoms with Gasteiger partial charge in [-0.05, 0) is 64.0 Å². The number of anilines is 2. The summed E-state index contributed by atoms with van der Waals surface area (Å²) in [5.74, 6) is -1.64. The van der Waals surface area contributed by atoms with Crippen molar-refractivity contribution in [2.45, 2.75) is 164 Å². The van der Waals surface area contributed by atoms with Crippen molar-refractivity contribution >= 4 is 17.5 Å². The van der Waals surface area contributed by atoms with E-state index in [1.165, 1.54) is 51.4 Å². The van der Waals surface area contributed by atoms with Crippen LogP contribution in [0.25, 0.3) is 0 Å². The van der Waals surface area contributed by atoms with Crippen LogP contribution in [0.15, 0.2) is 0 Å². The number of amides is 1. The quantitative estimate of drug-likeness (QED) is 0.280. The maximum absolute atomic E-state index is 16.0. The fourth-order valence-corrected chi connectivity index (χ4v) is 10.7. The Morgan fingerprint density at radius 2 is 1.48 bits per heavy atom. The number of alkyl halides is 3. The molecule has 6 aliphatic rings. The Morgan fingerprint density at radius 1 is 0.860 bits per heavy atom. The summed E-state index contributed by atoms with van der Waals surface area (Å²) in [6.45, 7) is 3.80. The van der Waals surface area contributed by atoms with Gasteiger partial charge in [0, 0.05) is 44.2 Å². The van der Waals surface area contributed by atoms with Gasteiger partial charge in [0.25, 0.3) is 11.8 Å². The van der Waals surface area contributed by atoms with Crippen LogP contribution in [0.4, 0.5) is 24.8 Å². The summed E-state index contributed by atoms with van der Waals surface area (Å²) in [4.78, 5) is 18.9. The second-order valence-electron chi connectivity index (χ2n) is 17.0. The van der Waals surface area contributed by atoms with Crippen LogP contribution >= 0.6 is 0 Å². The monoisotopic (exact) mass is 705 g/mol. The molecule has 9 nitrogen and oxygen atoms in total. The molecule has 3 unspecified atom stereocenters. The van der Waals surface area contributed by atoms with Gasteiger partial charge in [-0.2, -0.15) is 5.10 Å². The van der Waals surface area contributed by atoms with Gasteiger partial charge in [0.15, 0.2) is 5.82 Å². The molecule has 4 aliphatic heterocycles. The van der Waals surface area contributed by atoms with Crippen molar-refractivity contribution in [1.82, 2.24) is 30.2 Å². The molecule has 50 heavy (non-hydrogen) atoms. The zero-order chi connectivity index (χ0) is 34.8. The van der Waals surface area contributed by atoms with Gasteiger partial charge in [0.05, 0.1) is 18.1 Å². The van der Waals surface area contributed by atoms with E-state index in [0.717, 1.165) is 77.4 Å². The SMILES string of the molecule is Nc1nn2c(c1C(=O)NC1CNC3(CCCCCCC3)CC1N1CCC(CN3CCC(F)(F)C3)CC1)NCC(F)C21CCCCCCCCC1. The third kappa shape index (κ3) is 7.82. The van der Waals surface area contributed by atoms with Crippen molar-refractivity contribution in [1.29, 1.82) is 0 Å². The maximum Gasteiger partial charge on any atom is 0.261 e. The van der Waals surface area contributed by atoms with Crippen LogP contribution in [0.2, 0.25) is 0 Å². The average molecular weight is 705 g/mol. The summed E-state index contributed by atoms with van der Waals surface area (Å²) in [5, 5.41) is 15.3. The molecule has 2 saturated carbocycles. The van der Waals surface area contributed by atoms with Crippen LogP contribution in [0.5, 0.6) is 0 Å². The first-order chi connectivity index (χ1) is 24.2. The maximum atomic E-state index is 16.0. The van der Waals surface area contributed by atoms with E-state index in [1.807, 2.05) is 4.90 Å². The van der Waals surface area contributed by atoms with Crippen molar-refractivity contribution in [2.75, 3.05) is 56.9 Å². The fourth-order valence-electron chi connectivity index (χ4n) is 10.7. The van der Waals surface area contributed by atoms with Crippen LogP contribution < -0.4 is 21.7 Å². The van der Waals surface area contributed by atoms with Crippen LogP contribution in [-0.4, -0.2) is 101 Å². The first kappa shape index (κ1) is 36.3. The molecule has 0 aromatic carbocycles. The van der Waals surface area contributed by atoms with Crippen LogP contribution in [0.3, 0.4) is 0 Å². The Kier molecular flexibility index (Phi) is 11.3. The number of likely N-dealkylation sites (tertiary alicyclic amines) is 2. The minimum Gasteiger partial charge on any atom is -0.381 e. The second-order valence-corrected chi connectivity index (χ2v) is 17.0. The first-order valence-electron chi connectivity index (χ1n) is 20.3. The van der Waals surface area contributed by atoms with Gasteiger partial charge in [0.2, 0.25) is 0 Å². The van der Waals surface area contributed by atoms with Gasteiger partial charge < -0.3 is 21.7 Å². The van der Waals surface area contributed by atoms with E-state index in [2.05, 4.69) is 20.9 Å². The Morgan fingerprint density at radius 3 is 2.10 bits per heavy atom. The number of nitrogens with two attached hydrogens (primary N) is 1. The summed E-state index contributed by atoms with van der Waals surface area (Å²) in [5.41, 5.74) is 6.21. The molecule has 1 aromatic heterocycles. The lowest BCUT2D eigenvalue weighted by molar-refractivity contribution is 0.00729. The Balaban J connectivity index is 1.09. The van der Waals surface area contributed by atoms with Gasteiger partial charge in [0.1, 0.15) is 17.6 Å². The number of hydrogen-bond acceptors (Lipinski definition) is 7. The molecule has 7 rings (SSSR count). The number of nitrogens with one attached hydrogen (secondary N) is 3. The zero-order valence-corrected chi connectivity index (χ0v) is 30.3. The molecular weight excluding hydrogens is 641 g/mol. The molecule has 5 N–H and O–H groups in total. The Bertz CT molecular complexity index is 1280. The second kappa shape index (κ2) is 15.5. The lowest BCUT2D eigenvalue weighted by Crippen LogP contribution is -2.67. The molecule has 5 fully saturated rings. The number of carbonyl (C=O) groups is 1. The van der Waals surface area contributed by atoms with Crippen molar-refractivity contribution in [3.63, 3.8) is 0 Å². The van der Waals surface area contributed by atoms with E-state index in [9.17, 15) is 13.6 Å². The number of fused-ring (bicyclic) bond motifs is 2. The van der Waals surface area contributed by atoms with Crippen molar-refractivity contribution in [3.8, 4) is 0 Å². The van der Waals surface area contributed by atoms with Gasteiger partial charge in [-0.1, -0.05) is 77.0 Å². The van der Waals surface area contributed by atoms with E-state index in [1.54, 1.807) is 4.68 Å². The summed E-state index contributed by atoms with van der Waals surface area (Å²) in [7, 11) is 0. The number of aromatic nitrogens is 2. The lowest BCUT2D eigenvalue weighted by atomic mass is 9.74. The summed E-state index contributed by atoms with van der Waals surface area (Å²) >= 11 is 0. The zero-order valence-electron chi connectivity index (χ0n) is 30.3. The van der Waals surface area contributed by atoms with Gasteiger partial charge >= 0.3 is 0 Å². The molecular formula is C38H63F3N8O. The average Bonchev–Trinajstić information content (AvgIpc) is 3.62. The molecule has 0 bridgehead atoms. The highest BCUT2D eigenvalue weighted by Gasteiger charge is 2.49. The third-order valence-electron chi connectivity index (χ3n) is 13.6. The van der Waals surface area contributed by atoms with Crippen LogP contribution in [0, 0.1) is 5.92 Å². The molecule has 0 radical (unpaired) electrons. The molecule has 3 saturated heterocycles. The van der Waals surface area contributed by atoms with Gasteiger partial charge in [-0.15, -0.1) is 0 Å².